The molecule has 0 aliphatic heterocycles. The van der Waals surface area contributed by atoms with Gasteiger partial charge in [-0.2, -0.15) is 0 Å². The number of nitrogen functional groups attached to an aromatic ring is 1. The van der Waals surface area contributed by atoms with Crippen molar-refractivity contribution in [1.29, 1.82) is 0 Å². The molecule has 0 aliphatic carbocycles. The zero-order chi connectivity index (χ0) is 14.7. The Kier molecular flexibility index (Phi) is 4.29. The van der Waals surface area contributed by atoms with Crippen LogP contribution in [0.25, 0.3) is 0 Å². The van der Waals surface area contributed by atoms with E-state index >= 15 is 0 Å². The highest BCUT2D eigenvalue weighted by Gasteiger charge is 2.09. The van der Waals surface area contributed by atoms with Gasteiger partial charge in [0.05, 0.1) is 5.56 Å². The number of nitrogens with two attached hydrogens (primary N) is 2. The number of rotatable bonds is 4. The summed E-state index contributed by atoms with van der Waals surface area (Å²) in [6, 6.07) is 13.2. The van der Waals surface area contributed by atoms with E-state index in [2.05, 4.69) is 28.2 Å². The van der Waals surface area contributed by atoms with Crippen molar-refractivity contribution in [2.75, 3.05) is 11.1 Å². The van der Waals surface area contributed by atoms with E-state index in [0.717, 1.165) is 16.9 Å². The van der Waals surface area contributed by atoms with Gasteiger partial charge in [-0.15, -0.1) is 0 Å². The van der Waals surface area contributed by atoms with Crippen LogP contribution >= 0.6 is 15.9 Å². The van der Waals surface area contributed by atoms with Crippen LogP contribution < -0.4 is 16.8 Å². The van der Waals surface area contributed by atoms with E-state index in [1.54, 1.807) is 6.07 Å². The number of nitrogens with one attached hydrogen (secondary N) is 1. The zero-order valence-electron chi connectivity index (χ0n) is 11.1. The molecule has 0 fully saturated rings. The molecule has 0 heterocycles. The van der Waals surface area contributed by atoms with Crippen molar-refractivity contribution in [3.8, 4) is 0 Å². The van der Waals surface area contributed by atoms with E-state index in [1.807, 2.05) is 36.4 Å². The molecule has 0 bridgehead atoms. The van der Waals surface area contributed by atoms with Crippen LogP contribution in [-0.4, -0.2) is 5.91 Å². The van der Waals surface area contributed by atoms with Gasteiger partial charge < -0.3 is 16.8 Å². The first kappa shape index (κ1) is 14.4. The quantitative estimate of drug-likeness (QED) is 0.751. The second-order valence-corrected chi connectivity index (χ2v) is 5.45. The van der Waals surface area contributed by atoms with Gasteiger partial charge >= 0.3 is 0 Å². The number of carbonyl (C=O) groups excluding carboxylic acids is 1. The Labute approximate surface area is 126 Å². The van der Waals surface area contributed by atoms with Crippen LogP contribution in [0.3, 0.4) is 0 Å². The maximum Gasteiger partial charge on any atom is 0.249 e. The highest BCUT2D eigenvalue weighted by molar-refractivity contribution is 9.10. The number of hydrogen-bond acceptors (Lipinski definition) is 3. The maximum atomic E-state index is 11.2. The summed E-state index contributed by atoms with van der Waals surface area (Å²) in [7, 11) is 0. The average molecular weight is 334 g/mol. The molecule has 1 unspecified atom stereocenters. The molecule has 1 atom stereocenters. The predicted molar refractivity (Wildman–Crippen MR) is 85.6 cm³/mol. The minimum absolute atomic E-state index is 0.127. The predicted octanol–water partition coefficient (Wildman–Crippen LogP) is 3.30. The molecule has 0 saturated heterocycles. The van der Waals surface area contributed by atoms with Gasteiger partial charge in [0.25, 0.3) is 0 Å². The summed E-state index contributed by atoms with van der Waals surface area (Å²) in [4.78, 5) is 11.2. The maximum absolute atomic E-state index is 11.2. The van der Waals surface area contributed by atoms with Crippen molar-refractivity contribution >= 4 is 33.2 Å². The van der Waals surface area contributed by atoms with Gasteiger partial charge in [-0.05, 0) is 58.7 Å². The standard InChI is InChI=1S/C15H16BrN3O/c1-9(10-2-4-11(17)5-3-10)19-12-6-7-13(15(18)20)14(16)8-12/h2-9,19H,17H2,1H3,(H2,18,20). The topological polar surface area (TPSA) is 81.1 Å². The Hall–Kier alpha value is -2.01. The van der Waals surface area contributed by atoms with Crippen molar-refractivity contribution in [2.45, 2.75) is 13.0 Å². The zero-order valence-corrected chi connectivity index (χ0v) is 12.6. The third-order valence-electron chi connectivity index (χ3n) is 3.05. The van der Waals surface area contributed by atoms with Crippen LogP contribution in [0.4, 0.5) is 11.4 Å². The fourth-order valence-electron chi connectivity index (χ4n) is 1.92. The van der Waals surface area contributed by atoms with Gasteiger partial charge in [0.15, 0.2) is 0 Å². The van der Waals surface area contributed by atoms with Gasteiger partial charge in [-0.1, -0.05) is 12.1 Å². The van der Waals surface area contributed by atoms with Gasteiger partial charge in [-0.3, -0.25) is 4.79 Å². The Bertz CT molecular complexity index is 626. The molecule has 2 rings (SSSR count). The number of benzene rings is 2. The number of amides is 1. The lowest BCUT2D eigenvalue weighted by molar-refractivity contribution is 0.0999. The minimum atomic E-state index is -0.449. The second-order valence-electron chi connectivity index (χ2n) is 4.59. The smallest absolute Gasteiger partial charge is 0.249 e. The number of hydrogen-bond donors (Lipinski definition) is 3. The fraction of sp³-hybridized carbons (Fsp3) is 0.133. The molecule has 1 amide bonds. The monoisotopic (exact) mass is 333 g/mol. The van der Waals surface area contributed by atoms with E-state index in [1.165, 1.54) is 0 Å². The average Bonchev–Trinajstić information content (AvgIpc) is 2.39. The molecule has 20 heavy (non-hydrogen) atoms. The highest BCUT2D eigenvalue weighted by Crippen LogP contribution is 2.25. The van der Waals surface area contributed by atoms with Crippen molar-refractivity contribution in [3.63, 3.8) is 0 Å². The summed E-state index contributed by atoms with van der Waals surface area (Å²) in [6.07, 6.45) is 0. The first-order chi connectivity index (χ1) is 9.47. The second kappa shape index (κ2) is 5.96. The normalized spacial score (nSPS) is 11.9. The summed E-state index contributed by atoms with van der Waals surface area (Å²) < 4.78 is 0.680. The number of halogens is 1. The molecule has 0 spiro atoms. The summed E-state index contributed by atoms with van der Waals surface area (Å²) in [5.41, 5.74) is 14.2. The molecule has 104 valence electrons. The van der Waals surface area contributed by atoms with Crippen LogP contribution in [0.1, 0.15) is 28.9 Å². The largest absolute Gasteiger partial charge is 0.399 e. The molecule has 4 nitrogen and oxygen atoms in total. The number of anilines is 2. The Morgan fingerprint density at radius 2 is 1.85 bits per heavy atom. The van der Waals surface area contributed by atoms with E-state index in [9.17, 15) is 4.79 Å². The Balaban J connectivity index is 2.15. The van der Waals surface area contributed by atoms with Gasteiger partial charge in [0.2, 0.25) is 5.91 Å². The van der Waals surface area contributed by atoms with Gasteiger partial charge in [0, 0.05) is 21.9 Å². The van der Waals surface area contributed by atoms with Crippen LogP contribution in [-0.2, 0) is 0 Å². The first-order valence-corrected chi connectivity index (χ1v) is 6.98. The van der Waals surface area contributed by atoms with Crippen LogP contribution in [0, 0.1) is 0 Å². The molecule has 0 saturated carbocycles. The molecular formula is C15H16BrN3O. The van der Waals surface area contributed by atoms with Crippen molar-refractivity contribution in [2.24, 2.45) is 5.73 Å². The fourth-order valence-corrected chi connectivity index (χ4v) is 2.50. The summed E-state index contributed by atoms with van der Waals surface area (Å²) in [6.45, 7) is 2.06. The summed E-state index contributed by atoms with van der Waals surface area (Å²) in [5, 5.41) is 3.36. The van der Waals surface area contributed by atoms with E-state index in [0.29, 0.717) is 10.0 Å². The molecule has 2 aromatic carbocycles. The van der Waals surface area contributed by atoms with E-state index < -0.39 is 5.91 Å². The molecule has 0 aliphatic rings. The van der Waals surface area contributed by atoms with Gasteiger partial charge in [-0.25, -0.2) is 0 Å². The third kappa shape index (κ3) is 3.30. The molecule has 0 radical (unpaired) electrons. The molecular weight excluding hydrogens is 318 g/mol. The van der Waals surface area contributed by atoms with Crippen LogP contribution in [0.2, 0.25) is 0 Å². The van der Waals surface area contributed by atoms with Crippen LogP contribution in [0.5, 0.6) is 0 Å². The Morgan fingerprint density at radius 3 is 2.40 bits per heavy atom. The lowest BCUT2D eigenvalue weighted by atomic mass is 10.1. The van der Waals surface area contributed by atoms with Gasteiger partial charge in [0.1, 0.15) is 0 Å². The number of primary amides is 1. The Morgan fingerprint density at radius 1 is 1.20 bits per heavy atom. The van der Waals surface area contributed by atoms with Crippen molar-refractivity contribution in [3.05, 3.63) is 58.1 Å². The van der Waals surface area contributed by atoms with E-state index in [-0.39, 0.29) is 6.04 Å². The molecule has 2 aromatic rings. The summed E-state index contributed by atoms with van der Waals surface area (Å²) >= 11 is 3.35. The molecule has 5 heteroatoms. The number of carbonyl (C=O) groups is 1. The van der Waals surface area contributed by atoms with Crippen molar-refractivity contribution < 1.29 is 4.79 Å². The first-order valence-electron chi connectivity index (χ1n) is 6.18. The molecule has 0 aromatic heterocycles. The SMILES string of the molecule is CC(Nc1ccc(C(N)=O)c(Br)c1)c1ccc(N)cc1. The van der Waals surface area contributed by atoms with Crippen molar-refractivity contribution in [1.82, 2.24) is 0 Å². The molecule has 5 N–H and O–H groups in total. The summed E-state index contributed by atoms with van der Waals surface area (Å²) in [5.74, 6) is -0.449. The lowest BCUT2D eigenvalue weighted by Crippen LogP contribution is -2.12. The highest BCUT2D eigenvalue weighted by atomic mass is 79.9. The lowest BCUT2D eigenvalue weighted by Gasteiger charge is -2.16. The third-order valence-corrected chi connectivity index (χ3v) is 3.71. The van der Waals surface area contributed by atoms with E-state index in [4.69, 9.17) is 11.5 Å². The van der Waals surface area contributed by atoms with Crippen LogP contribution in [0.15, 0.2) is 46.9 Å². The minimum Gasteiger partial charge on any atom is -0.399 e.